The van der Waals surface area contributed by atoms with Gasteiger partial charge in [0.15, 0.2) is 11.5 Å². The van der Waals surface area contributed by atoms with E-state index in [1.807, 2.05) is 24.3 Å². The average molecular weight is 258 g/mol. The van der Waals surface area contributed by atoms with Crippen LogP contribution in [-0.4, -0.2) is 17.0 Å². The number of rotatable bonds is 2. The first-order chi connectivity index (χ1) is 8.78. The van der Waals surface area contributed by atoms with Gasteiger partial charge in [0.1, 0.15) is 6.10 Å². The summed E-state index contributed by atoms with van der Waals surface area (Å²) in [4.78, 5) is 1.07. The standard InChI is InChI=1S/C15H14O2S/c1-2-18-12-8-11-7-10-5-3-4-6-14(10)17-15(11)13(16)9-12/h3-9,14,16H,2H2,1H3. The molecular formula is C15H14O2S. The van der Waals surface area contributed by atoms with Gasteiger partial charge in [-0.05, 0) is 35.6 Å². The van der Waals surface area contributed by atoms with Crippen molar-refractivity contribution in [1.82, 2.24) is 0 Å². The third-order valence-corrected chi connectivity index (χ3v) is 3.82. The maximum atomic E-state index is 10.0. The second-order valence-corrected chi connectivity index (χ2v) is 5.56. The number of fused-ring (bicyclic) bond motifs is 2. The number of benzene rings is 1. The third-order valence-electron chi connectivity index (χ3n) is 2.96. The fourth-order valence-electron chi connectivity index (χ4n) is 2.18. The lowest BCUT2D eigenvalue weighted by Gasteiger charge is -2.26. The molecule has 0 amide bonds. The van der Waals surface area contributed by atoms with E-state index in [0.29, 0.717) is 5.75 Å². The Morgan fingerprint density at radius 3 is 3.06 bits per heavy atom. The van der Waals surface area contributed by atoms with E-state index in [9.17, 15) is 5.11 Å². The maximum Gasteiger partial charge on any atom is 0.169 e. The second kappa shape index (κ2) is 4.58. The van der Waals surface area contributed by atoms with Gasteiger partial charge < -0.3 is 9.84 Å². The molecule has 1 aromatic carbocycles. The lowest BCUT2D eigenvalue weighted by molar-refractivity contribution is 0.268. The Labute approximate surface area is 111 Å². The summed E-state index contributed by atoms with van der Waals surface area (Å²) in [7, 11) is 0. The molecule has 0 saturated carbocycles. The fourth-order valence-corrected chi connectivity index (χ4v) is 2.91. The number of hydrogen-bond donors (Lipinski definition) is 1. The highest BCUT2D eigenvalue weighted by Gasteiger charge is 2.23. The minimum atomic E-state index is -0.0712. The smallest absolute Gasteiger partial charge is 0.169 e. The van der Waals surface area contributed by atoms with E-state index in [4.69, 9.17) is 4.74 Å². The summed E-state index contributed by atoms with van der Waals surface area (Å²) in [6.07, 6.45) is 10.0. The SMILES string of the molecule is CCSc1cc(O)c2c(c1)C=C1C=CC=CC1O2. The highest BCUT2D eigenvalue weighted by Crippen LogP contribution is 2.41. The normalized spacial score (nSPS) is 19.8. The molecule has 2 aliphatic rings. The molecule has 1 unspecified atom stereocenters. The first-order valence-electron chi connectivity index (χ1n) is 6.01. The van der Waals surface area contributed by atoms with E-state index in [1.165, 1.54) is 0 Å². The number of phenols is 1. The van der Waals surface area contributed by atoms with Crippen molar-refractivity contribution in [2.75, 3.05) is 5.75 Å². The molecule has 3 heteroatoms. The highest BCUT2D eigenvalue weighted by molar-refractivity contribution is 7.99. The lowest BCUT2D eigenvalue weighted by atomic mass is 9.98. The summed E-state index contributed by atoms with van der Waals surface area (Å²) in [6, 6.07) is 3.84. The van der Waals surface area contributed by atoms with E-state index in [0.717, 1.165) is 21.8 Å². The second-order valence-electron chi connectivity index (χ2n) is 4.22. The van der Waals surface area contributed by atoms with Crippen LogP contribution >= 0.6 is 11.8 Å². The zero-order chi connectivity index (χ0) is 12.5. The van der Waals surface area contributed by atoms with Gasteiger partial charge in [-0.2, -0.15) is 0 Å². The van der Waals surface area contributed by atoms with Gasteiger partial charge in [-0.3, -0.25) is 0 Å². The Morgan fingerprint density at radius 1 is 1.33 bits per heavy atom. The molecule has 0 bridgehead atoms. The zero-order valence-corrected chi connectivity index (χ0v) is 10.9. The van der Waals surface area contributed by atoms with Crippen molar-refractivity contribution < 1.29 is 9.84 Å². The van der Waals surface area contributed by atoms with E-state index >= 15 is 0 Å². The summed E-state index contributed by atoms with van der Waals surface area (Å²) in [6.45, 7) is 2.10. The van der Waals surface area contributed by atoms with Crippen LogP contribution in [0, 0.1) is 0 Å². The molecule has 3 rings (SSSR count). The van der Waals surface area contributed by atoms with Crippen molar-refractivity contribution in [2.45, 2.75) is 17.9 Å². The monoisotopic (exact) mass is 258 g/mol. The topological polar surface area (TPSA) is 29.5 Å². The van der Waals surface area contributed by atoms with Crippen LogP contribution in [0.5, 0.6) is 11.5 Å². The lowest BCUT2D eigenvalue weighted by Crippen LogP contribution is -2.20. The van der Waals surface area contributed by atoms with Gasteiger partial charge >= 0.3 is 0 Å². The van der Waals surface area contributed by atoms with Crippen LogP contribution in [0.15, 0.2) is 46.9 Å². The molecule has 0 spiro atoms. The molecule has 18 heavy (non-hydrogen) atoms. The molecule has 92 valence electrons. The van der Waals surface area contributed by atoms with Crippen molar-refractivity contribution in [3.63, 3.8) is 0 Å². The summed E-state index contributed by atoms with van der Waals surface area (Å²) >= 11 is 1.71. The summed E-state index contributed by atoms with van der Waals surface area (Å²) in [5, 5.41) is 10.0. The molecule has 0 saturated heterocycles. The van der Waals surface area contributed by atoms with Gasteiger partial charge in [0.2, 0.25) is 0 Å². The molecule has 0 aromatic heterocycles. The van der Waals surface area contributed by atoms with Crippen LogP contribution in [0.4, 0.5) is 0 Å². The number of aromatic hydroxyl groups is 1. The predicted octanol–water partition coefficient (Wildman–Crippen LogP) is 3.77. The molecule has 1 aromatic rings. The molecule has 1 heterocycles. The summed E-state index contributed by atoms with van der Waals surface area (Å²) in [5.74, 6) is 1.80. The van der Waals surface area contributed by atoms with Gasteiger partial charge in [-0.1, -0.05) is 25.2 Å². The fraction of sp³-hybridized carbons (Fsp3) is 0.200. The van der Waals surface area contributed by atoms with E-state index in [1.54, 1.807) is 17.8 Å². The quantitative estimate of drug-likeness (QED) is 0.819. The minimum absolute atomic E-state index is 0.0712. The first kappa shape index (κ1) is 11.5. The average Bonchev–Trinajstić information content (AvgIpc) is 2.37. The van der Waals surface area contributed by atoms with Crippen LogP contribution < -0.4 is 4.74 Å². The van der Waals surface area contributed by atoms with Crippen LogP contribution in [0.3, 0.4) is 0 Å². The summed E-state index contributed by atoms with van der Waals surface area (Å²) < 4.78 is 5.83. The molecule has 1 N–H and O–H groups in total. The Kier molecular flexibility index (Phi) is 2.92. The van der Waals surface area contributed by atoms with Crippen molar-refractivity contribution in [3.8, 4) is 11.5 Å². The number of phenolic OH excluding ortho intramolecular Hbond substituents is 1. The molecule has 0 fully saturated rings. The van der Waals surface area contributed by atoms with Crippen LogP contribution in [0.1, 0.15) is 12.5 Å². The maximum absolute atomic E-state index is 10.0. The molecule has 0 radical (unpaired) electrons. The third kappa shape index (κ3) is 1.95. The Morgan fingerprint density at radius 2 is 2.22 bits per heavy atom. The van der Waals surface area contributed by atoms with Crippen molar-refractivity contribution in [1.29, 1.82) is 0 Å². The summed E-state index contributed by atoms with van der Waals surface area (Å²) in [5.41, 5.74) is 2.08. The predicted molar refractivity (Wildman–Crippen MR) is 75.2 cm³/mol. The number of hydrogen-bond acceptors (Lipinski definition) is 3. The van der Waals surface area contributed by atoms with Crippen molar-refractivity contribution >= 4 is 17.8 Å². The largest absolute Gasteiger partial charge is 0.504 e. The van der Waals surface area contributed by atoms with Crippen LogP contribution in [0.25, 0.3) is 6.08 Å². The van der Waals surface area contributed by atoms with Gasteiger partial charge in [0, 0.05) is 10.5 Å². The Hall–Kier alpha value is -1.61. The number of ether oxygens (including phenoxy) is 1. The zero-order valence-electron chi connectivity index (χ0n) is 10.1. The first-order valence-corrected chi connectivity index (χ1v) is 6.99. The minimum Gasteiger partial charge on any atom is -0.504 e. The number of allylic oxidation sites excluding steroid dienone is 2. The Bertz CT molecular complexity index is 570. The molecule has 1 aliphatic heterocycles. The van der Waals surface area contributed by atoms with E-state index in [-0.39, 0.29) is 11.9 Å². The molecule has 2 nitrogen and oxygen atoms in total. The van der Waals surface area contributed by atoms with Crippen LogP contribution in [-0.2, 0) is 0 Å². The van der Waals surface area contributed by atoms with Gasteiger partial charge in [-0.15, -0.1) is 11.8 Å². The van der Waals surface area contributed by atoms with Crippen molar-refractivity contribution in [3.05, 3.63) is 47.6 Å². The highest BCUT2D eigenvalue weighted by atomic mass is 32.2. The molecule has 1 aliphatic carbocycles. The Balaban J connectivity index is 2.07. The van der Waals surface area contributed by atoms with Gasteiger partial charge in [0.25, 0.3) is 0 Å². The molecule has 1 atom stereocenters. The molecular weight excluding hydrogens is 244 g/mol. The van der Waals surface area contributed by atoms with Crippen molar-refractivity contribution in [2.24, 2.45) is 0 Å². The number of thioether (sulfide) groups is 1. The van der Waals surface area contributed by atoms with Crippen LogP contribution in [0.2, 0.25) is 0 Å². The van der Waals surface area contributed by atoms with Gasteiger partial charge in [0.05, 0.1) is 0 Å². The van der Waals surface area contributed by atoms with E-state index in [2.05, 4.69) is 19.1 Å². The van der Waals surface area contributed by atoms with E-state index < -0.39 is 0 Å². The van der Waals surface area contributed by atoms with Gasteiger partial charge in [-0.25, -0.2) is 0 Å².